The zero-order chi connectivity index (χ0) is 14.5. The highest BCUT2D eigenvalue weighted by Gasteiger charge is 2.12. The SMILES string of the molecule is CCc1ccc(C(C)NC(=O)c2cccc(Cl)n2)cc1. The first-order chi connectivity index (χ1) is 9.60. The van der Waals surface area contributed by atoms with Crippen LogP contribution in [0.1, 0.15) is 41.5 Å². The Morgan fingerprint density at radius 3 is 2.55 bits per heavy atom. The van der Waals surface area contributed by atoms with Gasteiger partial charge in [0.25, 0.3) is 5.91 Å². The van der Waals surface area contributed by atoms with Crippen molar-refractivity contribution in [2.45, 2.75) is 26.3 Å². The minimum absolute atomic E-state index is 0.0748. The number of hydrogen-bond donors (Lipinski definition) is 1. The number of hydrogen-bond acceptors (Lipinski definition) is 2. The van der Waals surface area contributed by atoms with Gasteiger partial charge in [-0.3, -0.25) is 4.79 Å². The summed E-state index contributed by atoms with van der Waals surface area (Å²) in [4.78, 5) is 16.1. The van der Waals surface area contributed by atoms with Gasteiger partial charge in [0.15, 0.2) is 0 Å². The molecule has 4 heteroatoms. The van der Waals surface area contributed by atoms with Crippen LogP contribution in [0.2, 0.25) is 5.15 Å². The lowest BCUT2D eigenvalue weighted by Crippen LogP contribution is -2.27. The molecule has 0 fully saturated rings. The van der Waals surface area contributed by atoms with E-state index in [2.05, 4.69) is 29.4 Å². The Morgan fingerprint density at radius 1 is 1.25 bits per heavy atom. The smallest absolute Gasteiger partial charge is 0.270 e. The first kappa shape index (κ1) is 14.5. The second-order valence-electron chi connectivity index (χ2n) is 4.64. The van der Waals surface area contributed by atoms with E-state index in [0.29, 0.717) is 10.8 Å². The molecule has 0 aliphatic rings. The Bertz CT molecular complexity index is 596. The summed E-state index contributed by atoms with van der Waals surface area (Å²) < 4.78 is 0. The van der Waals surface area contributed by atoms with E-state index >= 15 is 0 Å². The van der Waals surface area contributed by atoms with E-state index in [-0.39, 0.29) is 11.9 Å². The zero-order valence-electron chi connectivity index (χ0n) is 11.6. The summed E-state index contributed by atoms with van der Waals surface area (Å²) >= 11 is 5.78. The van der Waals surface area contributed by atoms with E-state index in [1.54, 1.807) is 18.2 Å². The number of nitrogens with zero attached hydrogens (tertiary/aromatic N) is 1. The molecule has 1 heterocycles. The van der Waals surface area contributed by atoms with Crippen molar-refractivity contribution in [2.24, 2.45) is 0 Å². The molecule has 0 radical (unpaired) electrons. The summed E-state index contributed by atoms with van der Waals surface area (Å²) in [6.07, 6.45) is 1.01. The molecule has 104 valence electrons. The number of aromatic nitrogens is 1. The van der Waals surface area contributed by atoms with E-state index in [1.807, 2.05) is 19.1 Å². The molecule has 0 bridgehead atoms. The van der Waals surface area contributed by atoms with Gasteiger partial charge in [-0.15, -0.1) is 0 Å². The molecular weight excluding hydrogens is 272 g/mol. The number of rotatable bonds is 4. The molecule has 1 aromatic heterocycles. The van der Waals surface area contributed by atoms with Crippen molar-refractivity contribution in [3.8, 4) is 0 Å². The largest absolute Gasteiger partial charge is 0.344 e. The highest BCUT2D eigenvalue weighted by atomic mass is 35.5. The Balaban J connectivity index is 2.06. The minimum Gasteiger partial charge on any atom is -0.344 e. The van der Waals surface area contributed by atoms with Crippen LogP contribution in [-0.4, -0.2) is 10.9 Å². The van der Waals surface area contributed by atoms with Crippen LogP contribution in [0.5, 0.6) is 0 Å². The van der Waals surface area contributed by atoms with Gasteiger partial charge in [-0.1, -0.05) is 48.9 Å². The second-order valence-corrected chi connectivity index (χ2v) is 5.02. The third-order valence-corrected chi connectivity index (χ3v) is 3.39. The van der Waals surface area contributed by atoms with E-state index in [0.717, 1.165) is 12.0 Å². The van der Waals surface area contributed by atoms with Gasteiger partial charge in [-0.2, -0.15) is 0 Å². The minimum atomic E-state index is -0.223. The lowest BCUT2D eigenvalue weighted by atomic mass is 10.0. The standard InChI is InChI=1S/C16H17ClN2O/c1-3-12-7-9-13(10-8-12)11(2)18-16(20)14-5-4-6-15(17)19-14/h4-11H,3H2,1-2H3,(H,18,20). The molecule has 1 unspecified atom stereocenters. The van der Waals surface area contributed by atoms with Crippen molar-refractivity contribution in [1.82, 2.24) is 10.3 Å². The Morgan fingerprint density at radius 2 is 1.95 bits per heavy atom. The quantitative estimate of drug-likeness (QED) is 0.870. The van der Waals surface area contributed by atoms with Crippen LogP contribution in [0.15, 0.2) is 42.5 Å². The number of amides is 1. The van der Waals surface area contributed by atoms with Gasteiger partial charge in [0.1, 0.15) is 10.8 Å². The normalized spacial score (nSPS) is 11.9. The molecule has 0 aliphatic carbocycles. The highest BCUT2D eigenvalue weighted by molar-refractivity contribution is 6.29. The van der Waals surface area contributed by atoms with Crippen LogP contribution in [0.25, 0.3) is 0 Å². The van der Waals surface area contributed by atoms with Crippen molar-refractivity contribution in [1.29, 1.82) is 0 Å². The predicted molar refractivity (Wildman–Crippen MR) is 80.9 cm³/mol. The van der Waals surface area contributed by atoms with Crippen LogP contribution in [0.4, 0.5) is 0 Å². The van der Waals surface area contributed by atoms with Crippen molar-refractivity contribution >= 4 is 17.5 Å². The number of nitrogens with one attached hydrogen (secondary N) is 1. The molecule has 1 atom stereocenters. The van der Waals surface area contributed by atoms with Crippen LogP contribution in [-0.2, 0) is 6.42 Å². The van der Waals surface area contributed by atoms with Crippen LogP contribution >= 0.6 is 11.6 Å². The molecule has 0 spiro atoms. The summed E-state index contributed by atoms with van der Waals surface area (Å²) in [6, 6.07) is 13.2. The third kappa shape index (κ3) is 3.58. The molecular formula is C16H17ClN2O. The van der Waals surface area contributed by atoms with Crippen molar-refractivity contribution in [2.75, 3.05) is 0 Å². The van der Waals surface area contributed by atoms with Gasteiger partial charge in [-0.05, 0) is 36.6 Å². The molecule has 1 N–H and O–H groups in total. The molecule has 3 nitrogen and oxygen atoms in total. The predicted octanol–water partition coefficient (Wildman–Crippen LogP) is 3.79. The fourth-order valence-corrected chi connectivity index (χ4v) is 2.09. The average Bonchev–Trinajstić information content (AvgIpc) is 2.47. The van der Waals surface area contributed by atoms with Gasteiger partial charge >= 0.3 is 0 Å². The summed E-state index contributed by atoms with van der Waals surface area (Å²) in [5.41, 5.74) is 2.68. The lowest BCUT2D eigenvalue weighted by molar-refractivity contribution is 0.0935. The molecule has 20 heavy (non-hydrogen) atoms. The van der Waals surface area contributed by atoms with Gasteiger partial charge in [-0.25, -0.2) is 4.98 Å². The summed E-state index contributed by atoms with van der Waals surface area (Å²) in [5.74, 6) is -0.223. The molecule has 1 aromatic carbocycles. The average molecular weight is 289 g/mol. The monoisotopic (exact) mass is 288 g/mol. The van der Waals surface area contributed by atoms with Crippen LogP contribution < -0.4 is 5.32 Å². The second kappa shape index (κ2) is 6.53. The van der Waals surface area contributed by atoms with Gasteiger partial charge in [0, 0.05) is 0 Å². The topological polar surface area (TPSA) is 42.0 Å². The molecule has 2 rings (SSSR count). The fourth-order valence-electron chi connectivity index (χ4n) is 1.93. The maximum Gasteiger partial charge on any atom is 0.270 e. The maximum absolute atomic E-state index is 12.1. The van der Waals surface area contributed by atoms with Crippen LogP contribution in [0.3, 0.4) is 0 Å². The van der Waals surface area contributed by atoms with E-state index in [1.165, 1.54) is 5.56 Å². The van der Waals surface area contributed by atoms with Crippen molar-refractivity contribution < 1.29 is 4.79 Å². The van der Waals surface area contributed by atoms with Crippen molar-refractivity contribution in [3.05, 3.63) is 64.4 Å². The Hall–Kier alpha value is -1.87. The van der Waals surface area contributed by atoms with E-state index < -0.39 is 0 Å². The van der Waals surface area contributed by atoms with Gasteiger partial charge in [0.05, 0.1) is 6.04 Å². The van der Waals surface area contributed by atoms with Gasteiger partial charge in [0.2, 0.25) is 0 Å². The maximum atomic E-state index is 12.1. The Kier molecular flexibility index (Phi) is 4.74. The number of carbonyl (C=O) groups is 1. The Labute approximate surface area is 124 Å². The molecule has 0 saturated carbocycles. The third-order valence-electron chi connectivity index (χ3n) is 3.18. The van der Waals surface area contributed by atoms with Crippen LogP contribution in [0, 0.1) is 0 Å². The molecule has 1 amide bonds. The van der Waals surface area contributed by atoms with Gasteiger partial charge < -0.3 is 5.32 Å². The lowest BCUT2D eigenvalue weighted by Gasteiger charge is -2.14. The number of halogens is 1. The zero-order valence-corrected chi connectivity index (χ0v) is 12.3. The first-order valence-corrected chi connectivity index (χ1v) is 7.00. The number of pyridine rings is 1. The van der Waals surface area contributed by atoms with Crippen molar-refractivity contribution in [3.63, 3.8) is 0 Å². The number of carbonyl (C=O) groups excluding carboxylic acids is 1. The first-order valence-electron chi connectivity index (χ1n) is 6.62. The molecule has 0 saturated heterocycles. The summed E-state index contributed by atoms with van der Waals surface area (Å²) in [7, 11) is 0. The molecule has 0 aliphatic heterocycles. The van der Waals surface area contributed by atoms with E-state index in [4.69, 9.17) is 11.6 Å². The summed E-state index contributed by atoms with van der Waals surface area (Å²) in [6.45, 7) is 4.06. The van der Waals surface area contributed by atoms with E-state index in [9.17, 15) is 4.79 Å². The number of aryl methyl sites for hydroxylation is 1. The number of benzene rings is 1. The molecule has 2 aromatic rings. The highest BCUT2D eigenvalue weighted by Crippen LogP contribution is 2.14. The fraction of sp³-hybridized carbons (Fsp3) is 0.250. The summed E-state index contributed by atoms with van der Waals surface area (Å²) in [5, 5.41) is 3.23.